The zero-order chi connectivity index (χ0) is 33.6. The molecule has 10 nitrogen and oxygen atoms in total. The first-order chi connectivity index (χ1) is 23.3. The number of aliphatic hydroxyl groups is 2. The number of hydrogen-bond acceptors (Lipinski definition) is 7. The molecule has 3 aromatic rings. The van der Waals surface area contributed by atoms with Crippen molar-refractivity contribution >= 4 is 17.7 Å². The molecule has 0 aliphatic heterocycles. The lowest BCUT2D eigenvalue weighted by atomic mass is 9.78. The van der Waals surface area contributed by atoms with Crippen molar-refractivity contribution in [3.63, 3.8) is 0 Å². The van der Waals surface area contributed by atoms with Gasteiger partial charge in [-0.25, -0.2) is 4.79 Å². The molecule has 0 radical (unpaired) electrons. The molecule has 3 aliphatic carbocycles. The van der Waals surface area contributed by atoms with Crippen molar-refractivity contribution in [1.82, 2.24) is 15.1 Å². The van der Waals surface area contributed by atoms with Gasteiger partial charge in [-0.05, 0) is 118 Å². The second-order valence-corrected chi connectivity index (χ2v) is 14.0. The third-order valence-electron chi connectivity index (χ3n) is 10.4. The molecule has 10 heteroatoms. The van der Waals surface area contributed by atoms with Gasteiger partial charge in [-0.3, -0.25) is 9.48 Å². The molecule has 1 atom stereocenters. The van der Waals surface area contributed by atoms with E-state index in [1.807, 2.05) is 17.2 Å². The number of methoxy groups -OCH3 is 1. The quantitative estimate of drug-likeness (QED) is 0.213. The number of nitrogens with zero attached hydrogens (tertiary/aromatic N) is 3. The Morgan fingerprint density at radius 1 is 1.00 bits per heavy atom. The van der Waals surface area contributed by atoms with Gasteiger partial charge in [0.15, 0.2) is 0 Å². The third-order valence-corrected chi connectivity index (χ3v) is 10.4. The maximum Gasteiger partial charge on any atom is 0.407 e. The lowest BCUT2D eigenvalue weighted by Crippen LogP contribution is -2.42. The van der Waals surface area contributed by atoms with Gasteiger partial charge in [0.05, 0.1) is 32.1 Å². The Bertz CT molecular complexity index is 1540. The smallest absolute Gasteiger partial charge is 0.407 e. The van der Waals surface area contributed by atoms with E-state index in [9.17, 15) is 14.7 Å². The van der Waals surface area contributed by atoms with Crippen LogP contribution in [0.3, 0.4) is 0 Å². The van der Waals surface area contributed by atoms with Crippen LogP contribution in [0.2, 0.25) is 0 Å². The van der Waals surface area contributed by atoms with E-state index in [4.69, 9.17) is 14.6 Å². The van der Waals surface area contributed by atoms with Gasteiger partial charge >= 0.3 is 6.09 Å². The van der Waals surface area contributed by atoms with E-state index < -0.39 is 18.8 Å². The Hall–Kier alpha value is -3.89. The zero-order valence-corrected chi connectivity index (χ0v) is 28.2. The second-order valence-electron chi connectivity index (χ2n) is 14.0. The number of ether oxygens (including phenoxy) is 2. The van der Waals surface area contributed by atoms with Crippen LogP contribution in [0.5, 0.6) is 5.75 Å². The minimum absolute atomic E-state index is 0.0692. The Morgan fingerprint density at radius 2 is 1.77 bits per heavy atom. The van der Waals surface area contributed by atoms with Crippen molar-refractivity contribution in [3.05, 3.63) is 66.0 Å². The molecule has 0 saturated heterocycles. The largest absolute Gasteiger partial charge is 0.496 e. The molecular weight excluding hydrogens is 608 g/mol. The highest BCUT2D eigenvalue weighted by Gasteiger charge is 2.34. The first-order valence-electron chi connectivity index (χ1n) is 17.6. The number of carbonyl (C=O) groups excluding carboxylic acids is 2. The molecule has 0 bridgehead atoms. The number of carbonyl (C=O) groups is 2. The monoisotopic (exact) mass is 658 g/mol. The van der Waals surface area contributed by atoms with E-state index in [0.717, 1.165) is 53.8 Å². The van der Waals surface area contributed by atoms with E-state index in [0.29, 0.717) is 50.1 Å². The van der Waals surface area contributed by atoms with Crippen molar-refractivity contribution in [2.45, 2.75) is 95.3 Å². The molecule has 2 aromatic carbocycles. The topological polar surface area (TPSA) is 126 Å². The van der Waals surface area contributed by atoms with Crippen LogP contribution in [-0.4, -0.2) is 71.0 Å². The lowest BCUT2D eigenvalue weighted by molar-refractivity contribution is -0.124. The molecule has 48 heavy (non-hydrogen) atoms. The number of aromatic nitrogens is 2. The predicted molar refractivity (Wildman–Crippen MR) is 184 cm³/mol. The fraction of sp³-hybridized carbons (Fsp3) is 0.553. The van der Waals surface area contributed by atoms with Crippen LogP contribution >= 0.6 is 0 Å². The number of alkyl carbamates (subject to hydrolysis) is 1. The van der Waals surface area contributed by atoms with Crippen LogP contribution in [0.4, 0.5) is 10.5 Å². The first kappa shape index (κ1) is 34.0. The van der Waals surface area contributed by atoms with Gasteiger partial charge in [-0.1, -0.05) is 24.3 Å². The van der Waals surface area contributed by atoms with Crippen molar-refractivity contribution in [2.24, 2.45) is 11.8 Å². The first-order valence-corrected chi connectivity index (χ1v) is 17.6. The standard InChI is InChI=1S/C38H50N4O6/c1-25-18-30(12-17-36(25)47-2)27-8-6-26(7-9-27)22-41(33-5-3-4-29(19-33)31-20-40-42(23-31)32-13-14-32)37(45)28-10-15-35(16-11-28)48-38(46)39-21-34(44)24-43/h3-5,12,17-20,23,26-28,32,34-35,43-44H,6-11,13-16,21-22,24H2,1-2H3,(H,39,46)/t26?,27?,28?,34-,35?/m1/s1. The van der Waals surface area contributed by atoms with Gasteiger partial charge in [0.1, 0.15) is 11.9 Å². The number of rotatable bonds is 12. The highest BCUT2D eigenvalue weighted by Crippen LogP contribution is 2.40. The SMILES string of the molecule is COc1ccc(C2CCC(CN(C(=O)C3CCC(OC(=O)NC[C@@H](O)CO)CC3)c3cccc(-c4cnn(C5CC5)c4)c3)CC2)cc1C. The van der Waals surface area contributed by atoms with Crippen molar-refractivity contribution in [2.75, 3.05) is 31.7 Å². The normalized spacial score (nSPS) is 23.2. The summed E-state index contributed by atoms with van der Waals surface area (Å²) in [4.78, 5) is 28.6. The molecular formula is C38H50N4O6. The minimum Gasteiger partial charge on any atom is -0.496 e. The summed E-state index contributed by atoms with van der Waals surface area (Å²) in [5, 5.41) is 25.6. The minimum atomic E-state index is -1.02. The van der Waals surface area contributed by atoms with E-state index in [1.54, 1.807) is 7.11 Å². The number of aliphatic hydroxyl groups excluding tert-OH is 2. The molecule has 0 unspecified atom stereocenters. The lowest BCUT2D eigenvalue weighted by Gasteiger charge is -2.36. The molecule has 6 rings (SSSR count). The third kappa shape index (κ3) is 8.39. The van der Waals surface area contributed by atoms with Crippen molar-refractivity contribution < 1.29 is 29.3 Å². The number of nitrogens with one attached hydrogen (secondary N) is 1. The fourth-order valence-electron chi connectivity index (χ4n) is 7.40. The number of anilines is 1. The van der Waals surface area contributed by atoms with Crippen LogP contribution in [0.1, 0.15) is 87.3 Å². The Labute approximate surface area is 283 Å². The van der Waals surface area contributed by atoms with Crippen molar-refractivity contribution in [3.8, 4) is 16.9 Å². The Balaban J connectivity index is 1.13. The number of hydrogen-bond donors (Lipinski definition) is 3. The summed E-state index contributed by atoms with van der Waals surface area (Å²) < 4.78 is 13.1. The van der Waals surface area contributed by atoms with E-state index in [1.165, 1.54) is 18.4 Å². The maximum absolute atomic E-state index is 14.4. The van der Waals surface area contributed by atoms with Gasteiger partial charge < -0.3 is 29.9 Å². The zero-order valence-electron chi connectivity index (χ0n) is 28.2. The average Bonchev–Trinajstić information content (AvgIpc) is 3.85. The summed E-state index contributed by atoms with van der Waals surface area (Å²) in [6, 6.07) is 15.4. The van der Waals surface area contributed by atoms with Gasteiger partial charge in [-0.2, -0.15) is 5.10 Å². The summed E-state index contributed by atoms with van der Waals surface area (Å²) in [7, 11) is 1.71. The molecule has 3 fully saturated rings. The molecule has 3 aliphatic rings. The summed E-state index contributed by atoms with van der Waals surface area (Å²) in [5.41, 5.74) is 5.58. The van der Waals surface area contributed by atoms with Crippen LogP contribution in [-0.2, 0) is 9.53 Å². The van der Waals surface area contributed by atoms with Gasteiger partial charge in [0, 0.05) is 36.5 Å². The van der Waals surface area contributed by atoms with Gasteiger partial charge in [0.2, 0.25) is 5.91 Å². The Kier molecular flexibility index (Phi) is 11.0. The summed E-state index contributed by atoms with van der Waals surface area (Å²) in [6.07, 6.45) is 11.3. The fourth-order valence-corrected chi connectivity index (χ4v) is 7.40. The van der Waals surface area contributed by atoms with Crippen LogP contribution in [0, 0.1) is 18.8 Å². The van der Waals surface area contributed by atoms with Gasteiger partial charge in [0.25, 0.3) is 0 Å². The summed E-state index contributed by atoms with van der Waals surface area (Å²) in [6.45, 7) is 2.28. The molecule has 1 heterocycles. The molecule has 3 N–H and O–H groups in total. The molecule has 2 amide bonds. The van der Waals surface area contributed by atoms with Crippen molar-refractivity contribution in [1.29, 1.82) is 0 Å². The van der Waals surface area contributed by atoms with E-state index in [-0.39, 0.29) is 24.5 Å². The number of aryl methyl sites for hydroxylation is 1. The van der Waals surface area contributed by atoms with Crippen LogP contribution in [0.15, 0.2) is 54.9 Å². The van der Waals surface area contributed by atoms with Gasteiger partial charge in [-0.15, -0.1) is 0 Å². The van der Waals surface area contributed by atoms with E-state index in [2.05, 4.69) is 64.6 Å². The number of benzene rings is 2. The predicted octanol–water partition coefficient (Wildman–Crippen LogP) is 6.15. The highest BCUT2D eigenvalue weighted by molar-refractivity contribution is 5.95. The molecule has 258 valence electrons. The van der Waals surface area contributed by atoms with E-state index >= 15 is 0 Å². The highest BCUT2D eigenvalue weighted by atomic mass is 16.6. The Morgan fingerprint density at radius 3 is 2.46 bits per heavy atom. The van der Waals surface area contributed by atoms with Crippen LogP contribution in [0.25, 0.3) is 11.1 Å². The maximum atomic E-state index is 14.4. The number of amides is 2. The summed E-state index contributed by atoms with van der Waals surface area (Å²) in [5.74, 6) is 1.83. The molecule has 3 saturated carbocycles. The average molecular weight is 659 g/mol. The van der Waals surface area contributed by atoms with Crippen LogP contribution < -0.4 is 15.0 Å². The molecule has 0 spiro atoms. The molecule has 1 aromatic heterocycles. The second kappa shape index (κ2) is 15.6. The summed E-state index contributed by atoms with van der Waals surface area (Å²) >= 11 is 0.